The van der Waals surface area contributed by atoms with Crippen molar-refractivity contribution in [2.45, 2.75) is 26.7 Å². The van der Waals surface area contributed by atoms with Gasteiger partial charge in [0, 0.05) is 13.0 Å². The molecule has 1 atom stereocenters. The van der Waals surface area contributed by atoms with E-state index in [1.807, 2.05) is 13.8 Å². The monoisotopic (exact) mass is 229 g/mol. The summed E-state index contributed by atoms with van der Waals surface area (Å²) >= 11 is 1.48. The number of nitrogens with one attached hydrogen (secondary N) is 1. The molecule has 15 heavy (non-hydrogen) atoms. The second kappa shape index (κ2) is 5.65. The van der Waals surface area contributed by atoms with Gasteiger partial charge in [0.05, 0.1) is 0 Å². The SMILES string of the molecule is CCC(CNc1nnc(C)s1)CC(=O)O. The minimum absolute atomic E-state index is 0.145. The zero-order chi connectivity index (χ0) is 11.3. The highest BCUT2D eigenvalue weighted by Crippen LogP contribution is 2.15. The van der Waals surface area contributed by atoms with Gasteiger partial charge in [0.1, 0.15) is 5.01 Å². The Labute approximate surface area is 92.5 Å². The normalized spacial score (nSPS) is 12.4. The van der Waals surface area contributed by atoms with Crippen molar-refractivity contribution in [3.8, 4) is 0 Å². The van der Waals surface area contributed by atoms with Gasteiger partial charge in [-0.05, 0) is 12.8 Å². The highest BCUT2D eigenvalue weighted by Gasteiger charge is 2.11. The molecule has 0 amide bonds. The number of aromatic nitrogens is 2. The fourth-order valence-corrected chi connectivity index (χ4v) is 1.81. The van der Waals surface area contributed by atoms with Crippen molar-refractivity contribution in [1.29, 1.82) is 0 Å². The first-order valence-corrected chi connectivity index (χ1v) is 5.69. The molecule has 84 valence electrons. The number of carboxylic acids is 1. The van der Waals surface area contributed by atoms with Gasteiger partial charge >= 0.3 is 5.97 Å². The highest BCUT2D eigenvalue weighted by atomic mass is 32.1. The molecule has 1 rings (SSSR count). The zero-order valence-electron chi connectivity index (χ0n) is 8.86. The standard InChI is InChI=1S/C9H15N3O2S/c1-3-7(4-8(13)14)5-10-9-12-11-6(2)15-9/h7H,3-5H2,1-2H3,(H,10,12)(H,13,14). The van der Waals surface area contributed by atoms with Crippen molar-refractivity contribution < 1.29 is 9.90 Å². The average Bonchev–Trinajstić information content (AvgIpc) is 2.58. The maximum Gasteiger partial charge on any atom is 0.303 e. The van der Waals surface area contributed by atoms with E-state index in [-0.39, 0.29) is 12.3 Å². The number of rotatable bonds is 6. The summed E-state index contributed by atoms with van der Waals surface area (Å²) in [5, 5.41) is 21.2. The van der Waals surface area contributed by atoms with Crippen molar-refractivity contribution in [2.24, 2.45) is 5.92 Å². The van der Waals surface area contributed by atoms with Gasteiger partial charge in [-0.15, -0.1) is 10.2 Å². The van der Waals surface area contributed by atoms with Crippen LogP contribution < -0.4 is 5.32 Å². The van der Waals surface area contributed by atoms with Crippen LogP contribution in [-0.4, -0.2) is 27.8 Å². The van der Waals surface area contributed by atoms with Crippen molar-refractivity contribution >= 4 is 22.4 Å². The Morgan fingerprint density at radius 2 is 2.33 bits per heavy atom. The van der Waals surface area contributed by atoms with E-state index in [0.717, 1.165) is 16.6 Å². The minimum atomic E-state index is -0.753. The smallest absolute Gasteiger partial charge is 0.303 e. The first-order chi connectivity index (χ1) is 7.11. The van der Waals surface area contributed by atoms with Crippen LogP contribution in [0.5, 0.6) is 0 Å². The van der Waals surface area contributed by atoms with Crippen LogP contribution in [-0.2, 0) is 4.79 Å². The van der Waals surface area contributed by atoms with Crippen molar-refractivity contribution in [2.75, 3.05) is 11.9 Å². The summed E-state index contributed by atoms with van der Waals surface area (Å²) in [6, 6.07) is 0. The van der Waals surface area contributed by atoms with Crippen LogP contribution in [0, 0.1) is 12.8 Å². The quantitative estimate of drug-likeness (QED) is 0.777. The van der Waals surface area contributed by atoms with E-state index in [1.54, 1.807) is 0 Å². The zero-order valence-corrected chi connectivity index (χ0v) is 9.67. The molecule has 0 aliphatic rings. The second-order valence-electron chi connectivity index (χ2n) is 3.38. The lowest BCUT2D eigenvalue weighted by atomic mass is 10.0. The molecule has 1 aromatic heterocycles. The van der Waals surface area contributed by atoms with E-state index in [0.29, 0.717) is 6.54 Å². The summed E-state index contributed by atoms with van der Waals surface area (Å²) < 4.78 is 0. The minimum Gasteiger partial charge on any atom is -0.481 e. The van der Waals surface area contributed by atoms with E-state index in [2.05, 4.69) is 15.5 Å². The van der Waals surface area contributed by atoms with Gasteiger partial charge in [-0.2, -0.15) is 0 Å². The van der Waals surface area contributed by atoms with Gasteiger partial charge in [0.15, 0.2) is 0 Å². The first kappa shape index (κ1) is 11.9. The van der Waals surface area contributed by atoms with Gasteiger partial charge in [0.25, 0.3) is 0 Å². The number of hydrogen-bond acceptors (Lipinski definition) is 5. The van der Waals surface area contributed by atoms with E-state index < -0.39 is 5.97 Å². The van der Waals surface area contributed by atoms with E-state index in [4.69, 9.17) is 5.11 Å². The molecule has 0 aliphatic carbocycles. The summed E-state index contributed by atoms with van der Waals surface area (Å²) in [6.45, 7) is 4.51. The molecule has 0 fully saturated rings. The number of hydrogen-bond donors (Lipinski definition) is 2. The van der Waals surface area contributed by atoms with Crippen molar-refractivity contribution in [1.82, 2.24) is 10.2 Å². The van der Waals surface area contributed by atoms with E-state index in [1.165, 1.54) is 11.3 Å². The third kappa shape index (κ3) is 4.24. The predicted octanol–water partition coefficient (Wildman–Crippen LogP) is 1.76. The van der Waals surface area contributed by atoms with Crippen LogP contribution in [0.3, 0.4) is 0 Å². The molecule has 0 aliphatic heterocycles. The molecule has 0 bridgehead atoms. The predicted molar refractivity (Wildman–Crippen MR) is 59.2 cm³/mol. The molecule has 6 heteroatoms. The Hall–Kier alpha value is -1.17. The molecule has 0 saturated carbocycles. The maximum absolute atomic E-state index is 10.5. The lowest BCUT2D eigenvalue weighted by molar-refractivity contribution is -0.138. The summed E-state index contributed by atoms with van der Waals surface area (Å²) in [7, 11) is 0. The second-order valence-corrected chi connectivity index (χ2v) is 4.56. The van der Waals surface area contributed by atoms with Crippen molar-refractivity contribution in [3.05, 3.63) is 5.01 Å². The first-order valence-electron chi connectivity index (χ1n) is 4.87. The fraction of sp³-hybridized carbons (Fsp3) is 0.667. The average molecular weight is 229 g/mol. The Balaban J connectivity index is 2.37. The van der Waals surface area contributed by atoms with Gasteiger partial charge in [-0.3, -0.25) is 4.79 Å². The third-order valence-corrected chi connectivity index (χ3v) is 2.91. The largest absolute Gasteiger partial charge is 0.481 e. The molecule has 0 spiro atoms. The lowest BCUT2D eigenvalue weighted by Gasteiger charge is -2.11. The molecule has 0 aromatic carbocycles. The molecule has 0 saturated heterocycles. The third-order valence-electron chi connectivity index (χ3n) is 2.11. The molecule has 5 nitrogen and oxygen atoms in total. The number of aryl methyl sites for hydroxylation is 1. The van der Waals surface area contributed by atoms with Crippen LogP contribution in [0.1, 0.15) is 24.8 Å². The van der Waals surface area contributed by atoms with Gasteiger partial charge in [0.2, 0.25) is 5.13 Å². The van der Waals surface area contributed by atoms with Crippen LogP contribution in [0.25, 0.3) is 0 Å². The molecule has 0 radical (unpaired) electrons. The maximum atomic E-state index is 10.5. The van der Waals surface area contributed by atoms with Gasteiger partial charge in [-0.1, -0.05) is 24.7 Å². The number of nitrogens with zero attached hydrogens (tertiary/aromatic N) is 2. The topological polar surface area (TPSA) is 75.1 Å². The fourth-order valence-electron chi connectivity index (χ4n) is 1.21. The summed E-state index contributed by atoms with van der Waals surface area (Å²) in [5.74, 6) is -0.608. The molecule has 1 aromatic rings. The van der Waals surface area contributed by atoms with E-state index >= 15 is 0 Å². The summed E-state index contributed by atoms with van der Waals surface area (Å²) in [6.07, 6.45) is 1.04. The molecule has 2 N–H and O–H groups in total. The van der Waals surface area contributed by atoms with Crippen LogP contribution in [0.2, 0.25) is 0 Å². The molecular formula is C9H15N3O2S. The Bertz CT molecular complexity index is 327. The van der Waals surface area contributed by atoms with Gasteiger partial charge in [-0.25, -0.2) is 0 Å². The van der Waals surface area contributed by atoms with Crippen LogP contribution in [0.4, 0.5) is 5.13 Å². The number of carbonyl (C=O) groups is 1. The van der Waals surface area contributed by atoms with Crippen LogP contribution in [0.15, 0.2) is 0 Å². The Kier molecular flexibility index (Phi) is 4.48. The molecule has 1 heterocycles. The van der Waals surface area contributed by atoms with Gasteiger partial charge < -0.3 is 10.4 Å². The Morgan fingerprint density at radius 3 is 2.80 bits per heavy atom. The number of aliphatic carboxylic acids is 1. The van der Waals surface area contributed by atoms with Crippen LogP contribution >= 0.6 is 11.3 Å². The molecular weight excluding hydrogens is 214 g/mol. The number of carboxylic acid groups (broad SMARTS) is 1. The van der Waals surface area contributed by atoms with Crippen molar-refractivity contribution in [3.63, 3.8) is 0 Å². The van der Waals surface area contributed by atoms with E-state index in [9.17, 15) is 4.79 Å². The summed E-state index contributed by atoms with van der Waals surface area (Å²) in [5.41, 5.74) is 0. The lowest BCUT2D eigenvalue weighted by Crippen LogP contribution is -2.17. The molecule has 1 unspecified atom stereocenters. The number of anilines is 1. The summed E-state index contributed by atoms with van der Waals surface area (Å²) in [4.78, 5) is 10.5. The highest BCUT2D eigenvalue weighted by molar-refractivity contribution is 7.15. The Morgan fingerprint density at radius 1 is 1.60 bits per heavy atom.